The number of halogens is 1. The number of nitrogens with zero attached hydrogens (tertiary/aromatic N) is 1. The lowest BCUT2D eigenvalue weighted by Crippen LogP contribution is -2.47. The van der Waals surface area contributed by atoms with E-state index in [1.807, 2.05) is 0 Å². The largest absolute Gasteiger partial charge is 0.347 e. The van der Waals surface area contributed by atoms with Gasteiger partial charge in [0.15, 0.2) is 0 Å². The summed E-state index contributed by atoms with van der Waals surface area (Å²) in [5, 5.41) is 8.36. The van der Waals surface area contributed by atoms with E-state index in [1.54, 1.807) is 12.1 Å². The van der Waals surface area contributed by atoms with Gasteiger partial charge >= 0.3 is 11.8 Å². The quantitative estimate of drug-likeness (QED) is 0.639. The summed E-state index contributed by atoms with van der Waals surface area (Å²) in [6.45, 7) is 5.18. The van der Waals surface area contributed by atoms with E-state index in [-0.39, 0.29) is 12.4 Å². The molecule has 1 fully saturated rings. The minimum absolute atomic E-state index is 0.199. The molecule has 1 heterocycles. The first-order chi connectivity index (χ1) is 10.6. The number of hydrogen-bond acceptors (Lipinski definition) is 4. The highest BCUT2D eigenvalue weighted by atomic mass is 19.1. The van der Waals surface area contributed by atoms with Gasteiger partial charge < -0.3 is 16.0 Å². The molecular formula is C15H21FN4O2. The zero-order valence-electron chi connectivity index (χ0n) is 12.4. The molecule has 0 radical (unpaired) electrons. The van der Waals surface area contributed by atoms with Crippen LogP contribution in [0.15, 0.2) is 24.3 Å². The van der Waals surface area contributed by atoms with Crippen molar-refractivity contribution in [3.8, 4) is 0 Å². The van der Waals surface area contributed by atoms with Crippen LogP contribution in [0.2, 0.25) is 0 Å². The molecule has 1 aromatic carbocycles. The molecule has 1 aliphatic heterocycles. The molecule has 0 unspecified atom stereocenters. The van der Waals surface area contributed by atoms with Crippen molar-refractivity contribution in [3.05, 3.63) is 35.6 Å². The van der Waals surface area contributed by atoms with E-state index in [0.29, 0.717) is 6.54 Å². The Morgan fingerprint density at radius 1 is 1.09 bits per heavy atom. The normalized spacial score (nSPS) is 15.3. The highest BCUT2D eigenvalue weighted by Crippen LogP contribution is 2.01. The van der Waals surface area contributed by atoms with Crippen molar-refractivity contribution in [1.82, 2.24) is 20.9 Å². The van der Waals surface area contributed by atoms with Crippen LogP contribution in [-0.2, 0) is 16.1 Å². The van der Waals surface area contributed by atoms with Crippen molar-refractivity contribution in [2.24, 2.45) is 0 Å². The zero-order chi connectivity index (χ0) is 15.8. The van der Waals surface area contributed by atoms with Crippen molar-refractivity contribution in [3.63, 3.8) is 0 Å². The van der Waals surface area contributed by atoms with E-state index in [4.69, 9.17) is 0 Å². The smallest absolute Gasteiger partial charge is 0.309 e. The standard InChI is InChI=1S/C15H21FN4O2/c16-13-3-1-12(2-4-13)11-19-15(22)14(21)18-7-10-20-8-5-17-6-9-20/h1-4,17H,5-11H2,(H,18,21)(H,19,22). The van der Waals surface area contributed by atoms with Gasteiger partial charge in [0.2, 0.25) is 0 Å². The number of amides is 2. The maximum Gasteiger partial charge on any atom is 0.309 e. The molecule has 1 saturated heterocycles. The van der Waals surface area contributed by atoms with Crippen molar-refractivity contribution in [2.75, 3.05) is 39.3 Å². The molecule has 0 aromatic heterocycles. The number of carbonyl (C=O) groups is 2. The highest BCUT2D eigenvalue weighted by Gasteiger charge is 2.14. The van der Waals surface area contributed by atoms with E-state index in [0.717, 1.165) is 38.3 Å². The second kappa shape index (κ2) is 8.45. The molecule has 22 heavy (non-hydrogen) atoms. The van der Waals surface area contributed by atoms with Crippen LogP contribution in [-0.4, -0.2) is 56.0 Å². The Balaban J connectivity index is 1.63. The fourth-order valence-electron chi connectivity index (χ4n) is 2.21. The number of nitrogens with one attached hydrogen (secondary N) is 3. The molecule has 0 atom stereocenters. The van der Waals surface area contributed by atoms with Crippen LogP contribution in [0.5, 0.6) is 0 Å². The third kappa shape index (κ3) is 5.42. The van der Waals surface area contributed by atoms with Crippen molar-refractivity contribution in [2.45, 2.75) is 6.54 Å². The average molecular weight is 308 g/mol. The summed E-state index contributed by atoms with van der Waals surface area (Å²) < 4.78 is 12.7. The molecule has 1 aliphatic rings. The van der Waals surface area contributed by atoms with E-state index < -0.39 is 11.8 Å². The molecule has 7 heteroatoms. The van der Waals surface area contributed by atoms with Gasteiger partial charge in [0.25, 0.3) is 0 Å². The molecule has 2 rings (SSSR count). The number of hydrogen-bond donors (Lipinski definition) is 3. The van der Waals surface area contributed by atoms with Crippen molar-refractivity contribution < 1.29 is 14.0 Å². The second-order valence-electron chi connectivity index (χ2n) is 5.16. The van der Waals surface area contributed by atoms with Gasteiger partial charge in [-0.2, -0.15) is 0 Å². The number of rotatable bonds is 5. The van der Waals surface area contributed by atoms with Crippen LogP contribution in [0.4, 0.5) is 4.39 Å². The molecular weight excluding hydrogens is 287 g/mol. The van der Waals surface area contributed by atoms with Gasteiger partial charge in [0, 0.05) is 45.8 Å². The van der Waals surface area contributed by atoms with E-state index in [2.05, 4.69) is 20.9 Å². The summed E-state index contributed by atoms with van der Waals surface area (Å²) in [7, 11) is 0. The van der Waals surface area contributed by atoms with Crippen LogP contribution in [0.25, 0.3) is 0 Å². The van der Waals surface area contributed by atoms with Crippen LogP contribution < -0.4 is 16.0 Å². The van der Waals surface area contributed by atoms with Gasteiger partial charge in [0.1, 0.15) is 5.82 Å². The average Bonchev–Trinajstić information content (AvgIpc) is 2.55. The summed E-state index contributed by atoms with van der Waals surface area (Å²) in [4.78, 5) is 25.5. The molecule has 2 amide bonds. The van der Waals surface area contributed by atoms with Gasteiger partial charge in [-0.1, -0.05) is 12.1 Å². The lowest BCUT2D eigenvalue weighted by molar-refractivity contribution is -0.139. The Morgan fingerprint density at radius 3 is 2.41 bits per heavy atom. The van der Waals surface area contributed by atoms with Crippen LogP contribution in [0, 0.1) is 5.82 Å². The maximum atomic E-state index is 12.7. The minimum Gasteiger partial charge on any atom is -0.347 e. The van der Waals surface area contributed by atoms with Crippen molar-refractivity contribution in [1.29, 1.82) is 0 Å². The molecule has 0 aliphatic carbocycles. The maximum absolute atomic E-state index is 12.7. The number of benzene rings is 1. The van der Waals surface area contributed by atoms with Gasteiger partial charge in [-0.25, -0.2) is 4.39 Å². The van der Waals surface area contributed by atoms with Crippen LogP contribution >= 0.6 is 0 Å². The second-order valence-corrected chi connectivity index (χ2v) is 5.16. The fourth-order valence-corrected chi connectivity index (χ4v) is 2.21. The summed E-state index contributed by atoms with van der Waals surface area (Å²) in [5.41, 5.74) is 0.739. The summed E-state index contributed by atoms with van der Waals surface area (Å²) in [6.07, 6.45) is 0. The van der Waals surface area contributed by atoms with E-state index >= 15 is 0 Å². The van der Waals surface area contributed by atoms with Gasteiger partial charge in [-0.05, 0) is 17.7 Å². The molecule has 0 spiro atoms. The number of piperazine rings is 1. The lowest BCUT2D eigenvalue weighted by atomic mass is 10.2. The summed E-state index contributed by atoms with van der Waals surface area (Å²) in [5.74, 6) is -1.65. The van der Waals surface area contributed by atoms with Crippen LogP contribution in [0.3, 0.4) is 0 Å². The van der Waals surface area contributed by atoms with Gasteiger partial charge in [-0.3, -0.25) is 14.5 Å². The Hall–Kier alpha value is -1.99. The third-order valence-corrected chi connectivity index (χ3v) is 3.50. The zero-order valence-corrected chi connectivity index (χ0v) is 12.4. The summed E-state index contributed by atoms with van der Waals surface area (Å²) >= 11 is 0. The first-order valence-corrected chi connectivity index (χ1v) is 7.39. The predicted molar refractivity (Wildman–Crippen MR) is 80.6 cm³/mol. The Bertz CT molecular complexity index is 501. The minimum atomic E-state index is -0.676. The molecule has 6 nitrogen and oxygen atoms in total. The van der Waals surface area contributed by atoms with E-state index in [1.165, 1.54) is 12.1 Å². The highest BCUT2D eigenvalue weighted by molar-refractivity contribution is 6.35. The van der Waals surface area contributed by atoms with E-state index in [9.17, 15) is 14.0 Å². The first kappa shape index (κ1) is 16.4. The van der Waals surface area contributed by atoms with Crippen LogP contribution in [0.1, 0.15) is 5.56 Å². The lowest BCUT2D eigenvalue weighted by Gasteiger charge is -2.26. The predicted octanol–water partition coefficient (Wildman–Crippen LogP) is -0.537. The molecule has 3 N–H and O–H groups in total. The topological polar surface area (TPSA) is 73.5 Å². The molecule has 0 saturated carbocycles. The monoisotopic (exact) mass is 308 g/mol. The van der Waals surface area contributed by atoms with Gasteiger partial charge in [0.05, 0.1) is 0 Å². The number of carbonyl (C=O) groups excluding carboxylic acids is 2. The first-order valence-electron chi connectivity index (χ1n) is 7.39. The Kier molecular flexibility index (Phi) is 6.29. The third-order valence-electron chi connectivity index (χ3n) is 3.50. The summed E-state index contributed by atoms with van der Waals surface area (Å²) in [6, 6.07) is 5.76. The van der Waals surface area contributed by atoms with Gasteiger partial charge in [-0.15, -0.1) is 0 Å². The molecule has 0 bridgehead atoms. The molecule has 120 valence electrons. The van der Waals surface area contributed by atoms with Crippen molar-refractivity contribution >= 4 is 11.8 Å². The fraction of sp³-hybridized carbons (Fsp3) is 0.467. The SMILES string of the molecule is O=C(NCCN1CCNCC1)C(=O)NCc1ccc(F)cc1. The Labute approximate surface area is 129 Å². The molecule has 1 aromatic rings. The Morgan fingerprint density at radius 2 is 1.73 bits per heavy atom.